The quantitative estimate of drug-likeness (QED) is 0.606. The van der Waals surface area contributed by atoms with E-state index in [1.54, 1.807) is 49.7 Å². The third-order valence-corrected chi connectivity index (χ3v) is 3.07. The maximum absolute atomic E-state index is 12.0. The summed E-state index contributed by atoms with van der Waals surface area (Å²) in [4.78, 5) is 16.1. The molecule has 0 aliphatic carbocycles. The minimum Gasteiger partial charge on any atom is -0.493 e. The highest BCUT2D eigenvalue weighted by atomic mass is 16.5. The van der Waals surface area contributed by atoms with E-state index in [0.717, 1.165) is 0 Å². The highest BCUT2D eigenvalue weighted by Gasteiger charge is 2.14. The Kier molecular flexibility index (Phi) is 5.14. The number of aromatic nitrogens is 1. The van der Waals surface area contributed by atoms with Crippen molar-refractivity contribution in [3.8, 4) is 17.2 Å². The molecule has 5 heteroatoms. The zero-order valence-corrected chi connectivity index (χ0v) is 12.7. The molecule has 0 N–H and O–H groups in total. The number of methoxy groups -OCH3 is 3. The molecule has 0 saturated heterocycles. The summed E-state index contributed by atoms with van der Waals surface area (Å²) in [7, 11) is 4.62. The Morgan fingerprint density at radius 1 is 1.00 bits per heavy atom. The number of hydrogen-bond acceptors (Lipinski definition) is 5. The first-order chi connectivity index (χ1) is 10.7. The predicted molar refractivity (Wildman–Crippen MR) is 83.7 cm³/mol. The smallest absolute Gasteiger partial charge is 0.204 e. The Bertz CT molecular complexity index is 681. The summed E-state index contributed by atoms with van der Waals surface area (Å²) >= 11 is 0. The van der Waals surface area contributed by atoms with Crippen molar-refractivity contribution < 1.29 is 19.0 Å². The molecule has 0 amide bonds. The van der Waals surface area contributed by atoms with Gasteiger partial charge in [-0.25, -0.2) is 0 Å². The lowest BCUT2D eigenvalue weighted by Gasteiger charge is -2.13. The van der Waals surface area contributed by atoms with Gasteiger partial charge in [-0.3, -0.25) is 9.78 Å². The van der Waals surface area contributed by atoms with Crippen LogP contribution >= 0.6 is 0 Å². The van der Waals surface area contributed by atoms with E-state index in [4.69, 9.17) is 14.2 Å². The van der Waals surface area contributed by atoms with E-state index >= 15 is 0 Å². The van der Waals surface area contributed by atoms with Crippen LogP contribution in [0.25, 0.3) is 6.08 Å². The van der Waals surface area contributed by atoms with Gasteiger partial charge in [0.2, 0.25) is 11.5 Å². The molecular weight excluding hydrogens is 282 g/mol. The lowest BCUT2D eigenvalue weighted by atomic mass is 10.1. The molecule has 1 aromatic carbocycles. The second-order valence-corrected chi connectivity index (χ2v) is 4.34. The number of pyridine rings is 1. The van der Waals surface area contributed by atoms with Crippen LogP contribution in [0.3, 0.4) is 0 Å². The van der Waals surface area contributed by atoms with Gasteiger partial charge in [0, 0.05) is 11.8 Å². The predicted octanol–water partition coefficient (Wildman–Crippen LogP) is 3.00. The van der Waals surface area contributed by atoms with E-state index in [1.807, 2.05) is 0 Å². The van der Waals surface area contributed by atoms with Crippen molar-refractivity contribution in [1.82, 2.24) is 4.98 Å². The number of carbonyl (C=O) groups excluding carboxylic acids is 1. The van der Waals surface area contributed by atoms with Gasteiger partial charge in [0.15, 0.2) is 11.5 Å². The van der Waals surface area contributed by atoms with E-state index in [-0.39, 0.29) is 5.78 Å². The number of carbonyl (C=O) groups is 1. The van der Waals surface area contributed by atoms with Crippen molar-refractivity contribution in [1.29, 1.82) is 0 Å². The van der Waals surface area contributed by atoms with Gasteiger partial charge < -0.3 is 14.2 Å². The first kappa shape index (κ1) is 15.6. The average Bonchev–Trinajstić information content (AvgIpc) is 2.59. The number of allylic oxidation sites excluding steroid dienone is 1. The molecule has 1 heterocycles. The normalized spacial score (nSPS) is 10.5. The average molecular weight is 299 g/mol. The Labute approximate surface area is 129 Å². The number of ketones is 1. The van der Waals surface area contributed by atoms with Crippen LogP contribution < -0.4 is 14.2 Å². The molecule has 0 fully saturated rings. The summed E-state index contributed by atoms with van der Waals surface area (Å²) in [6.07, 6.45) is 4.70. The number of nitrogens with zero attached hydrogens (tertiary/aromatic N) is 1. The van der Waals surface area contributed by atoms with Crippen LogP contribution in [0.4, 0.5) is 0 Å². The highest BCUT2D eigenvalue weighted by molar-refractivity contribution is 6.05. The molecule has 2 aromatic rings. The third-order valence-electron chi connectivity index (χ3n) is 3.07. The van der Waals surface area contributed by atoms with Crippen molar-refractivity contribution in [3.05, 3.63) is 53.9 Å². The maximum atomic E-state index is 12.0. The van der Waals surface area contributed by atoms with Gasteiger partial charge in [-0.15, -0.1) is 0 Å². The van der Waals surface area contributed by atoms with Crippen LogP contribution in [0.5, 0.6) is 17.2 Å². The summed E-state index contributed by atoms with van der Waals surface area (Å²) in [6, 6.07) is 8.75. The van der Waals surface area contributed by atoms with Gasteiger partial charge in [0.25, 0.3) is 0 Å². The largest absolute Gasteiger partial charge is 0.493 e. The fourth-order valence-corrected chi connectivity index (χ4v) is 2.02. The minimum atomic E-state index is -0.183. The first-order valence-electron chi connectivity index (χ1n) is 6.63. The molecule has 22 heavy (non-hydrogen) atoms. The fraction of sp³-hybridized carbons (Fsp3) is 0.176. The van der Waals surface area contributed by atoms with E-state index in [9.17, 15) is 4.79 Å². The standard InChI is InChI=1S/C17H17NO4/c1-20-15-10-8-12(16(21-2)17(15)22-3)7-9-14(19)13-6-4-5-11-18-13/h4-11H,1-3H3/b9-7+. The number of rotatable bonds is 6. The lowest BCUT2D eigenvalue weighted by molar-refractivity contribution is 0.104. The highest BCUT2D eigenvalue weighted by Crippen LogP contribution is 2.40. The molecule has 0 atom stereocenters. The van der Waals surface area contributed by atoms with Gasteiger partial charge >= 0.3 is 0 Å². The van der Waals surface area contributed by atoms with E-state index < -0.39 is 0 Å². The van der Waals surface area contributed by atoms with E-state index in [1.165, 1.54) is 20.3 Å². The summed E-state index contributed by atoms with van der Waals surface area (Å²) in [6.45, 7) is 0. The van der Waals surface area contributed by atoms with E-state index in [2.05, 4.69) is 4.98 Å². The number of hydrogen-bond donors (Lipinski definition) is 0. The van der Waals surface area contributed by atoms with Crippen LogP contribution in [0.15, 0.2) is 42.6 Å². The van der Waals surface area contributed by atoms with Crippen molar-refractivity contribution in [2.45, 2.75) is 0 Å². The molecule has 2 rings (SSSR count). The first-order valence-corrected chi connectivity index (χ1v) is 6.63. The van der Waals surface area contributed by atoms with Crippen LogP contribution in [0, 0.1) is 0 Å². The van der Waals surface area contributed by atoms with Crippen molar-refractivity contribution in [2.75, 3.05) is 21.3 Å². The molecule has 0 aliphatic heterocycles. The van der Waals surface area contributed by atoms with E-state index in [0.29, 0.717) is 28.5 Å². The lowest BCUT2D eigenvalue weighted by Crippen LogP contribution is -1.98. The summed E-state index contributed by atoms with van der Waals surface area (Å²) in [5.41, 5.74) is 1.10. The van der Waals surface area contributed by atoms with Crippen molar-refractivity contribution >= 4 is 11.9 Å². The molecule has 0 unspecified atom stereocenters. The summed E-state index contributed by atoms with van der Waals surface area (Å²) in [5.74, 6) is 1.37. The molecule has 0 bridgehead atoms. The second-order valence-electron chi connectivity index (χ2n) is 4.34. The van der Waals surface area contributed by atoms with Crippen LogP contribution in [0.2, 0.25) is 0 Å². The topological polar surface area (TPSA) is 57.7 Å². The van der Waals surface area contributed by atoms with Gasteiger partial charge in [-0.05, 0) is 36.4 Å². The molecule has 0 spiro atoms. The third kappa shape index (κ3) is 3.25. The monoisotopic (exact) mass is 299 g/mol. The summed E-state index contributed by atoms with van der Waals surface area (Å²) in [5, 5.41) is 0. The second kappa shape index (κ2) is 7.26. The van der Waals surface area contributed by atoms with Crippen molar-refractivity contribution in [3.63, 3.8) is 0 Å². The Morgan fingerprint density at radius 3 is 2.36 bits per heavy atom. The number of benzene rings is 1. The Morgan fingerprint density at radius 2 is 1.77 bits per heavy atom. The zero-order valence-electron chi connectivity index (χ0n) is 12.7. The molecule has 114 valence electrons. The summed E-state index contributed by atoms with van der Waals surface area (Å²) < 4.78 is 15.9. The van der Waals surface area contributed by atoms with Gasteiger partial charge in [-0.1, -0.05) is 6.07 Å². The Hall–Kier alpha value is -2.82. The van der Waals surface area contributed by atoms with Gasteiger partial charge in [-0.2, -0.15) is 0 Å². The van der Waals surface area contributed by atoms with Gasteiger partial charge in [0.1, 0.15) is 5.69 Å². The molecule has 0 aliphatic rings. The van der Waals surface area contributed by atoms with Gasteiger partial charge in [0.05, 0.1) is 21.3 Å². The van der Waals surface area contributed by atoms with Crippen molar-refractivity contribution in [2.24, 2.45) is 0 Å². The fourth-order valence-electron chi connectivity index (χ4n) is 2.02. The molecular formula is C17H17NO4. The zero-order chi connectivity index (χ0) is 15.9. The number of ether oxygens (including phenoxy) is 3. The molecule has 5 nitrogen and oxygen atoms in total. The van der Waals surface area contributed by atoms with Crippen LogP contribution in [-0.2, 0) is 0 Å². The maximum Gasteiger partial charge on any atom is 0.204 e. The van der Waals surface area contributed by atoms with Crippen LogP contribution in [-0.4, -0.2) is 32.1 Å². The molecule has 1 aromatic heterocycles. The minimum absolute atomic E-state index is 0.183. The molecule has 0 radical (unpaired) electrons. The molecule has 0 saturated carbocycles. The SMILES string of the molecule is COc1ccc(/C=C/C(=O)c2ccccn2)c(OC)c1OC. The van der Waals surface area contributed by atoms with Crippen LogP contribution in [0.1, 0.15) is 16.1 Å². The Balaban J connectivity index is 2.33.